The zero-order chi connectivity index (χ0) is 11.5. The summed E-state index contributed by atoms with van der Waals surface area (Å²) in [6.07, 6.45) is 2.04. The molecular formula is C15H16O. The third kappa shape index (κ3) is 1.85. The van der Waals surface area contributed by atoms with E-state index in [1.165, 1.54) is 5.56 Å². The highest BCUT2D eigenvalue weighted by Crippen LogP contribution is 2.23. The van der Waals surface area contributed by atoms with E-state index in [4.69, 9.17) is 0 Å². The average Bonchev–Trinajstić information content (AvgIpc) is 2.28. The Hall–Kier alpha value is -1.63. The summed E-state index contributed by atoms with van der Waals surface area (Å²) >= 11 is 0. The van der Waals surface area contributed by atoms with Gasteiger partial charge in [0.25, 0.3) is 0 Å². The Labute approximate surface area is 96.1 Å². The molecule has 0 aliphatic heterocycles. The number of fused-ring (bicyclic) bond motifs is 1. The number of carbonyl (C=O) groups excluding carboxylic acids is 1. The molecule has 2 aromatic carbocycles. The summed E-state index contributed by atoms with van der Waals surface area (Å²) in [6, 6.07) is 12.3. The molecule has 0 atom stereocenters. The van der Waals surface area contributed by atoms with E-state index in [2.05, 4.69) is 25.1 Å². The summed E-state index contributed by atoms with van der Waals surface area (Å²) in [5.74, 6) is 0.167. The normalized spacial score (nSPS) is 10.6. The van der Waals surface area contributed by atoms with Gasteiger partial charge in [0, 0.05) is 5.56 Å². The van der Waals surface area contributed by atoms with Gasteiger partial charge in [-0.15, -0.1) is 0 Å². The number of hydrogen-bond acceptors (Lipinski definition) is 1. The first-order chi connectivity index (χ1) is 7.74. The highest BCUT2D eigenvalue weighted by molar-refractivity contribution is 6.08. The van der Waals surface area contributed by atoms with Crippen molar-refractivity contribution >= 4 is 16.6 Å². The Kier molecular flexibility index (Phi) is 3.04. The third-order valence-corrected chi connectivity index (χ3v) is 2.89. The van der Waals surface area contributed by atoms with Crippen LogP contribution in [-0.2, 0) is 6.42 Å². The maximum Gasteiger partial charge on any atom is 0.160 e. The topological polar surface area (TPSA) is 17.1 Å². The van der Waals surface area contributed by atoms with Crippen LogP contribution < -0.4 is 0 Å². The molecule has 0 heterocycles. The van der Waals surface area contributed by atoms with Crippen LogP contribution in [0.1, 0.15) is 36.2 Å². The molecule has 2 aromatic rings. The highest BCUT2D eigenvalue weighted by atomic mass is 16.1. The molecule has 0 amide bonds. The van der Waals surface area contributed by atoms with E-state index in [1.54, 1.807) is 6.92 Å². The zero-order valence-corrected chi connectivity index (χ0v) is 9.79. The van der Waals surface area contributed by atoms with Gasteiger partial charge in [0.2, 0.25) is 0 Å². The molecule has 16 heavy (non-hydrogen) atoms. The van der Waals surface area contributed by atoms with Crippen molar-refractivity contribution in [3.8, 4) is 0 Å². The van der Waals surface area contributed by atoms with Gasteiger partial charge in [-0.25, -0.2) is 0 Å². The number of Topliss-reactive ketones (excluding diaryl/α,β-unsaturated/α-hetero) is 1. The largest absolute Gasteiger partial charge is 0.294 e. The van der Waals surface area contributed by atoms with Gasteiger partial charge in [0.1, 0.15) is 0 Å². The van der Waals surface area contributed by atoms with Crippen molar-refractivity contribution in [2.45, 2.75) is 26.7 Å². The lowest BCUT2D eigenvalue weighted by Gasteiger charge is -2.09. The van der Waals surface area contributed by atoms with E-state index in [1.807, 2.05) is 18.2 Å². The molecule has 0 aliphatic rings. The molecule has 0 aromatic heterocycles. The van der Waals surface area contributed by atoms with Gasteiger partial charge in [0.05, 0.1) is 0 Å². The van der Waals surface area contributed by atoms with Gasteiger partial charge in [0.15, 0.2) is 5.78 Å². The van der Waals surface area contributed by atoms with E-state index >= 15 is 0 Å². The monoisotopic (exact) mass is 212 g/mol. The molecule has 1 nitrogen and oxygen atoms in total. The van der Waals surface area contributed by atoms with Crippen molar-refractivity contribution in [2.75, 3.05) is 0 Å². The van der Waals surface area contributed by atoms with Crippen LogP contribution in [0.5, 0.6) is 0 Å². The van der Waals surface area contributed by atoms with Crippen molar-refractivity contribution < 1.29 is 4.79 Å². The minimum Gasteiger partial charge on any atom is -0.294 e. The Morgan fingerprint density at radius 3 is 2.56 bits per heavy atom. The van der Waals surface area contributed by atoms with Crippen molar-refractivity contribution in [1.82, 2.24) is 0 Å². The number of hydrogen-bond donors (Lipinski definition) is 0. The van der Waals surface area contributed by atoms with Crippen LogP contribution in [0.2, 0.25) is 0 Å². The molecule has 0 saturated heterocycles. The number of rotatable bonds is 3. The molecule has 1 heteroatoms. The predicted octanol–water partition coefficient (Wildman–Crippen LogP) is 3.99. The first-order valence-corrected chi connectivity index (χ1v) is 5.75. The number of aryl methyl sites for hydroxylation is 1. The first-order valence-electron chi connectivity index (χ1n) is 5.75. The minimum atomic E-state index is 0.167. The lowest BCUT2D eigenvalue weighted by molar-refractivity contribution is 0.101. The van der Waals surface area contributed by atoms with E-state index in [9.17, 15) is 4.79 Å². The smallest absolute Gasteiger partial charge is 0.160 e. The molecule has 2 rings (SSSR count). The molecule has 0 N–H and O–H groups in total. The standard InChI is InChI=1S/C15H16O/c1-3-6-13-10-9-12-7-4-5-8-14(12)15(13)11(2)16/h4-5,7-10H,3,6H2,1-2H3. The maximum absolute atomic E-state index is 11.8. The average molecular weight is 212 g/mol. The van der Waals surface area contributed by atoms with E-state index < -0.39 is 0 Å². The summed E-state index contributed by atoms with van der Waals surface area (Å²) in [7, 11) is 0. The fourth-order valence-corrected chi connectivity index (χ4v) is 2.21. The third-order valence-electron chi connectivity index (χ3n) is 2.89. The number of carbonyl (C=O) groups is 1. The van der Waals surface area contributed by atoms with Gasteiger partial charge in [-0.1, -0.05) is 49.7 Å². The minimum absolute atomic E-state index is 0.167. The molecule has 82 valence electrons. The van der Waals surface area contributed by atoms with Crippen LogP contribution in [0.3, 0.4) is 0 Å². The van der Waals surface area contributed by atoms with Crippen LogP contribution in [-0.4, -0.2) is 5.78 Å². The zero-order valence-electron chi connectivity index (χ0n) is 9.79. The van der Waals surface area contributed by atoms with Crippen LogP contribution >= 0.6 is 0 Å². The molecule has 0 saturated carbocycles. The van der Waals surface area contributed by atoms with Crippen LogP contribution in [0.4, 0.5) is 0 Å². The van der Waals surface area contributed by atoms with Crippen molar-refractivity contribution in [3.05, 3.63) is 47.5 Å². The summed E-state index contributed by atoms with van der Waals surface area (Å²) in [6.45, 7) is 3.79. The Bertz CT molecular complexity index is 526. The fraction of sp³-hybridized carbons (Fsp3) is 0.267. The fourth-order valence-electron chi connectivity index (χ4n) is 2.21. The molecule has 0 fully saturated rings. The lowest BCUT2D eigenvalue weighted by Crippen LogP contribution is -2.00. The van der Waals surface area contributed by atoms with Crippen LogP contribution in [0.25, 0.3) is 10.8 Å². The summed E-state index contributed by atoms with van der Waals surface area (Å²) in [5.41, 5.74) is 2.08. The van der Waals surface area contributed by atoms with Gasteiger partial charge >= 0.3 is 0 Å². The van der Waals surface area contributed by atoms with Gasteiger partial charge in [-0.05, 0) is 29.7 Å². The molecule has 0 radical (unpaired) electrons. The number of benzene rings is 2. The van der Waals surface area contributed by atoms with Gasteiger partial charge < -0.3 is 0 Å². The molecule has 0 spiro atoms. The van der Waals surface area contributed by atoms with Crippen LogP contribution in [0.15, 0.2) is 36.4 Å². The van der Waals surface area contributed by atoms with Crippen molar-refractivity contribution in [1.29, 1.82) is 0 Å². The highest BCUT2D eigenvalue weighted by Gasteiger charge is 2.10. The van der Waals surface area contributed by atoms with E-state index in [0.29, 0.717) is 0 Å². The molecule has 0 aliphatic carbocycles. The van der Waals surface area contributed by atoms with Gasteiger partial charge in [-0.3, -0.25) is 4.79 Å². The van der Waals surface area contributed by atoms with Gasteiger partial charge in [-0.2, -0.15) is 0 Å². The Morgan fingerprint density at radius 1 is 1.12 bits per heavy atom. The Balaban J connectivity index is 2.73. The predicted molar refractivity (Wildman–Crippen MR) is 67.9 cm³/mol. The number of ketones is 1. The Morgan fingerprint density at radius 2 is 1.88 bits per heavy atom. The van der Waals surface area contributed by atoms with Crippen molar-refractivity contribution in [3.63, 3.8) is 0 Å². The van der Waals surface area contributed by atoms with E-state index in [0.717, 1.165) is 29.2 Å². The maximum atomic E-state index is 11.8. The quantitative estimate of drug-likeness (QED) is 0.703. The SMILES string of the molecule is CCCc1ccc2ccccc2c1C(C)=O. The van der Waals surface area contributed by atoms with E-state index in [-0.39, 0.29) is 5.78 Å². The first kappa shape index (κ1) is 10.9. The second-order valence-corrected chi connectivity index (χ2v) is 4.13. The second kappa shape index (κ2) is 4.48. The lowest BCUT2D eigenvalue weighted by atomic mass is 9.94. The summed E-state index contributed by atoms with van der Waals surface area (Å²) in [4.78, 5) is 11.8. The summed E-state index contributed by atoms with van der Waals surface area (Å²) < 4.78 is 0. The van der Waals surface area contributed by atoms with Crippen LogP contribution in [0, 0.1) is 0 Å². The molecular weight excluding hydrogens is 196 g/mol. The molecule has 0 unspecified atom stereocenters. The molecule has 0 bridgehead atoms. The van der Waals surface area contributed by atoms with Crippen molar-refractivity contribution in [2.24, 2.45) is 0 Å². The summed E-state index contributed by atoms with van der Waals surface area (Å²) in [5, 5.41) is 2.23. The second-order valence-electron chi connectivity index (χ2n) is 4.13.